The van der Waals surface area contributed by atoms with Crippen LogP contribution in [0.4, 0.5) is 10.2 Å². The fourth-order valence-electron chi connectivity index (χ4n) is 4.11. The molecule has 1 aromatic carbocycles. The lowest BCUT2D eigenvalue weighted by molar-refractivity contribution is -0.121. The Morgan fingerprint density at radius 3 is 2.74 bits per heavy atom. The second kappa shape index (κ2) is 9.05. The summed E-state index contributed by atoms with van der Waals surface area (Å²) in [6.45, 7) is 4.83. The molecule has 2 aromatic heterocycles. The van der Waals surface area contributed by atoms with Crippen molar-refractivity contribution in [2.75, 3.05) is 12.3 Å². The molecular weight excluding hydrogens is 510 g/mol. The number of imidazole rings is 1. The Kier molecular flexibility index (Phi) is 6.40. The second-order valence-electron chi connectivity index (χ2n) is 8.42. The van der Waals surface area contributed by atoms with Gasteiger partial charge in [0.2, 0.25) is 5.91 Å². The lowest BCUT2D eigenvalue weighted by Crippen LogP contribution is -2.28. The highest BCUT2D eigenvalue weighted by molar-refractivity contribution is 14.1. The Morgan fingerprint density at radius 1 is 1.26 bits per heavy atom. The quantitative estimate of drug-likeness (QED) is 0.357. The number of amides is 1. The van der Waals surface area contributed by atoms with Gasteiger partial charge in [-0.05, 0) is 70.5 Å². The minimum Gasteiger partial charge on any atom is -0.382 e. The van der Waals surface area contributed by atoms with Crippen LogP contribution in [0.15, 0.2) is 12.1 Å². The predicted molar refractivity (Wildman–Crippen MR) is 126 cm³/mol. The topological polar surface area (TPSA) is 98.7 Å². The summed E-state index contributed by atoms with van der Waals surface area (Å²) in [6.07, 6.45) is 3.58. The zero-order valence-corrected chi connectivity index (χ0v) is 19.9. The number of hydrogen-bond acceptors (Lipinski definition) is 5. The lowest BCUT2D eigenvalue weighted by Gasteiger charge is -2.12. The van der Waals surface area contributed by atoms with Crippen molar-refractivity contribution in [3.05, 3.63) is 44.3 Å². The molecule has 7 nitrogen and oxygen atoms in total. The average Bonchev–Trinajstić information content (AvgIpc) is 3.26. The van der Waals surface area contributed by atoms with Crippen LogP contribution in [0.1, 0.15) is 49.2 Å². The van der Waals surface area contributed by atoms with Crippen LogP contribution in [0.3, 0.4) is 0 Å². The van der Waals surface area contributed by atoms with E-state index in [2.05, 4.69) is 55.0 Å². The summed E-state index contributed by atoms with van der Waals surface area (Å²) in [4.78, 5) is 24.3. The van der Waals surface area contributed by atoms with E-state index < -0.39 is 6.08 Å². The van der Waals surface area contributed by atoms with Crippen molar-refractivity contribution in [3.63, 3.8) is 0 Å². The van der Waals surface area contributed by atoms with Gasteiger partial charge in [0, 0.05) is 29.5 Å². The summed E-state index contributed by atoms with van der Waals surface area (Å²) in [6, 6.07) is 4.51. The largest absolute Gasteiger partial charge is 0.382 e. The number of nitrogen functional groups attached to an aromatic ring is 1. The number of rotatable bonds is 7. The average molecular weight is 536 g/mol. The van der Waals surface area contributed by atoms with Gasteiger partial charge in [-0.2, -0.15) is 14.4 Å². The normalized spacial score (nSPS) is 13.2. The first kappa shape index (κ1) is 21.9. The van der Waals surface area contributed by atoms with Crippen molar-refractivity contribution in [2.24, 2.45) is 5.92 Å². The van der Waals surface area contributed by atoms with E-state index in [-0.39, 0.29) is 17.6 Å². The van der Waals surface area contributed by atoms with Gasteiger partial charge in [-0.25, -0.2) is 4.98 Å². The zero-order valence-electron chi connectivity index (χ0n) is 17.7. The molecule has 0 unspecified atom stereocenters. The molecule has 1 amide bonds. The summed E-state index contributed by atoms with van der Waals surface area (Å²) < 4.78 is 16.9. The molecule has 164 valence electrons. The Bertz CT molecular complexity index is 1140. The number of fused-ring (bicyclic) bond motifs is 2. The maximum Gasteiger partial charge on any atom is 0.312 e. The van der Waals surface area contributed by atoms with Crippen LogP contribution in [0.25, 0.3) is 11.2 Å². The third-order valence-electron chi connectivity index (χ3n) is 5.53. The maximum absolute atomic E-state index is 13.9. The third-order valence-corrected chi connectivity index (χ3v) is 6.54. The minimum absolute atomic E-state index is 0.00513. The van der Waals surface area contributed by atoms with Crippen LogP contribution >= 0.6 is 22.6 Å². The van der Waals surface area contributed by atoms with Gasteiger partial charge in [0.25, 0.3) is 0 Å². The predicted octanol–water partition coefficient (Wildman–Crippen LogP) is 3.39. The Labute approximate surface area is 194 Å². The van der Waals surface area contributed by atoms with E-state index in [1.165, 1.54) is 26.7 Å². The molecule has 1 aliphatic carbocycles. The summed E-state index contributed by atoms with van der Waals surface area (Å²) >= 11 is 2.36. The van der Waals surface area contributed by atoms with Gasteiger partial charge in [-0.3, -0.25) is 4.79 Å². The number of halogens is 2. The Balaban J connectivity index is 1.65. The van der Waals surface area contributed by atoms with Crippen LogP contribution in [0.5, 0.6) is 0 Å². The first-order valence-corrected chi connectivity index (χ1v) is 11.6. The number of aryl methyl sites for hydroxylation is 2. The molecule has 0 bridgehead atoms. The molecule has 0 radical (unpaired) electrons. The van der Waals surface area contributed by atoms with Crippen molar-refractivity contribution in [1.29, 1.82) is 0 Å². The minimum atomic E-state index is -0.881. The lowest BCUT2D eigenvalue weighted by atomic mass is 10.0. The standard InChI is InChI=1S/C22H26FIN6O/c1-12(2)8-18(31)26-6-7-30-17(27-19-20(25)28-22(23)29-21(19)30)11-15-9-13-4-3-5-14(13)10-16(15)24/h9-10,12H,3-8,11H2,1-2H3,(H,26,31)(H2,25,28,29). The third kappa shape index (κ3) is 4.81. The molecule has 0 fully saturated rings. The van der Waals surface area contributed by atoms with Crippen LogP contribution in [0.2, 0.25) is 0 Å². The van der Waals surface area contributed by atoms with Gasteiger partial charge >= 0.3 is 6.08 Å². The number of aromatic nitrogens is 4. The number of carbonyl (C=O) groups excluding carboxylic acids is 1. The van der Waals surface area contributed by atoms with E-state index in [1.54, 1.807) is 0 Å². The van der Waals surface area contributed by atoms with Crippen molar-refractivity contribution in [2.45, 2.75) is 52.5 Å². The van der Waals surface area contributed by atoms with E-state index in [0.717, 1.165) is 18.7 Å². The highest BCUT2D eigenvalue weighted by atomic mass is 127. The first-order chi connectivity index (χ1) is 14.8. The van der Waals surface area contributed by atoms with Gasteiger partial charge in [-0.15, -0.1) is 0 Å². The summed E-state index contributed by atoms with van der Waals surface area (Å²) in [5.74, 6) is 1.04. The summed E-state index contributed by atoms with van der Waals surface area (Å²) in [7, 11) is 0. The van der Waals surface area contributed by atoms with Gasteiger partial charge in [0.15, 0.2) is 17.0 Å². The molecule has 3 aromatic rings. The molecule has 0 saturated heterocycles. The van der Waals surface area contributed by atoms with Crippen LogP contribution in [-0.4, -0.2) is 32.0 Å². The van der Waals surface area contributed by atoms with Gasteiger partial charge < -0.3 is 15.6 Å². The van der Waals surface area contributed by atoms with E-state index >= 15 is 0 Å². The molecule has 9 heteroatoms. The van der Waals surface area contributed by atoms with Crippen molar-refractivity contribution in [1.82, 2.24) is 24.8 Å². The number of anilines is 1. The fourth-order valence-corrected chi connectivity index (χ4v) is 4.83. The molecule has 4 rings (SSSR count). The van der Waals surface area contributed by atoms with Crippen molar-refractivity contribution in [3.8, 4) is 0 Å². The molecule has 2 heterocycles. The summed E-state index contributed by atoms with van der Waals surface area (Å²) in [5.41, 5.74) is 10.7. The molecule has 0 atom stereocenters. The van der Waals surface area contributed by atoms with Crippen molar-refractivity contribution >= 4 is 45.5 Å². The van der Waals surface area contributed by atoms with Gasteiger partial charge in [0.1, 0.15) is 5.82 Å². The Morgan fingerprint density at radius 2 is 2.00 bits per heavy atom. The summed E-state index contributed by atoms with van der Waals surface area (Å²) in [5, 5.41) is 2.93. The molecular formula is C22H26FIN6O. The second-order valence-corrected chi connectivity index (χ2v) is 9.58. The van der Waals surface area contributed by atoms with Gasteiger partial charge in [-0.1, -0.05) is 19.9 Å². The van der Waals surface area contributed by atoms with E-state index in [0.29, 0.717) is 37.1 Å². The maximum atomic E-state index is 13.9. The van der Waals surface area contributed by atoms with Crippen LogP contribution in [-0.2, 0) is 30.6 Å². The van der Waals surface area contributed by atoms with Crippen molar-refractivity contribution < 1.29 is 9.18 Å². The molecule has 0 aliphatic heterocycles. The fraction of sp³-hybridized carbons (Fsp3) is 0.455. The SMILES string of the molecule is CC(C)CC(=O)NCCn1c(Cc2cc3c(cc2I)CCC3)nc2c(N)nc(F)nc21. The van der Waals surface area contributed by atoms with Crippen LogP contribution in [0, 0.1) is 15.6 Å². The number of nitrogens with one attached hydrogen (secondary N) is 1. The molecule has 31 heavy (non-hydrogen) atoms. The zero-order chi connectivity index (χ0) is 22.1. The first-order valence-electron chi connectivity index (χ1n) is 10.6. The van der Waals surface area contributed by atoms with Crippen LogP contribution < -0.4 is 11.1 Å². The highest BCUT2D eigenvalue weighted by Crippen LogP contribution is 2.29. The molecule has 0 saturated carbocycles. The van der Waals surface area contributed by atoms with E-state index in [9.17, 15) is 9.18 Å². The number of nitrogens with zero attached hydrogens (tertiary/aromatic N) is 4. The Hall–Kier alpha value is -2.30. The number of hydrogen-bond donors (Lipinski definition) is 2. The number of nitrogens with two attached hydrogens (primary N) is 1. The molecule has 3 N–H and O–H groups in total. The van der Waals surface area contributed by atoms with E-state index in [4.69, 9.17) is 5.73 Å². The number of benzene rings is 1. The highest BCUT2D eigenvalue weighted by Gasteiger charge is 2.20. The smallest absolute Gasteiger partial charge is 0.312 e. The molecule has 0 spiro atoms. The number of carbonyl (C=O) groups is 1. The monoisotopic (exact) mass is 536 g/mol. The van der Waals surface area contributed by atoms with E-state index in [1.807, 2.05) is 18.4 Å². The van der Waals surface area contributed by atoms with Gasteiger partial charge in [0.05, 0.1) is 0 Å². The molecule has 1 aliphatic rings.